The Bertz CT molecular complexity index is 463. The second-order valence-electron chi connectivity index (χ2n) is 3.26. The molecule has 7 heteroatoms. The number of nitro groups is 1. The first-order valence-corrected chi connectivity index (χ1v) is 4.82. The molecular weight excluding hydrogens is 236 g/mol. The summed E-state index contributed by atoms with van der Waals surface area (Å²) in [6, 6.07) is 2.19. The van der Waals surface area contributed by atoms with E-state index in [0.717, 1.165) is 0 Å². The van der Waals surface area contributed by atoms with Crippen molar-refractivity contribution in [3.63, 3.8) is 0 Å². The number of hydrogen-bond acceptors (Lipinski definition) is 5. The van der Waals surface area contributed by atoms with Crippen LogP contribution in [-0.4, -0.2) is 23.9 Å². The first-order valence-electron chi connectivity index (χ1n) is 4.44. The summed E-state index contributed by atoms with van der Waals surface area (Å²) in [5.74, 6) is 0.118. The van der Waals surface area contributed by atoms with Crippen molar-refractivity contribution in [2.45, 2.75) is 6.04 Å². The Hall–Kier alpha value is -1.82. The van der Waals surface area contributed by atoms with E-state index in [-0.39, 0.29) is 23.1 Å². The van der Waals surface area contributed by atoms with Crippen LogP contribution >= 0.6 is 11.6 Å². The molecule has 1 N–H and O–H groups in total. The lowest BCUT2D eigenvalue weighted by molar-refractivity contribution is -0.385. The molecule has 0 bridgehead atoms. The van der Waals surface area contributed by atoms with Crippen LogP contribution in [0.15, 0.2) is 12.1 Å². The predicted octanol–water partition coefficient (Wildman–Crippen LogP) is 1.62. The molecule has 84 valence electrons. The van der Waals surface area contributed by atoms with E-state index in [1.54, 1.807) is 0 Å². The van der Waals surface area contributed by atoms with E-state index < -0.39 is 11.0 Å². The van der Waals surface area contributed by atoms with E-state index in [1.165, 1.54) is 12.1 Å². The van der Waals surface area contributed by atoms with Crippen LogP contribution in [0.4, 0.5) is 11.4 Å². The number of benzene rings is 1. The van der Waals surface area contributed by atoms with Crippen molar-refractivity contribution in [2.24, 2.45) is 0 Å². The van der Waals surface area contributed by atoms with Crippen LogP contribution in [0, 0.1) is 10.1 Å². The minimum Gasteiger partial charge on any atom is -0.483 e. The van der Waals surface area contributed by atoms with Gasteiger partial charge in [0.15, 0.2) is 0 Å². The van der Waals surface area contributed by atoms with E-state index in [0.29, 0.717) is 12.0 Å². The van der Waals surface area contributed by atoms with Crippen LogP contribution < -0.4 is 10.1 Å². The maximum Gasteiger partial charge on any atom is 0.314 e. The van der Waals surface area contributed by atoms with Gasteiger partial charge in [0.25, 0.3) is 0 Å². The van der Waals surface area contributed by atoms with Gasteiger partial charge in [-0.2, -0.15) is 0 Å². The average Bonchev–Trinajstić information content (AvgIpc) is 2.26. The fourth-order valence-corrected chi connectivity index (χ4v) is 1.67. The monoisotopic (exact) mass is 242 g/mol. The third kappa shape index (κ3) is 1.79. The minimum absolute atomic E-state index is 0.0684. The number of anilines is 1. The number of nitrogens with one attached hydrogen (secondary N) is 1. The highest BCUT2D eigenvalue weighted by Crippen LogP contribution is 2.40. The van der Waals surface area contributed by atoms with Gasteiger partial charge < -0.3 is 14.8 Å². The maximum atomic E-state index is 10.7. The van der Waals surface area contributed by atoms with Crippen molar-refractivity contribution in [1.82, 2.24) is 0 Å². The lowest BCUT2D eigenvalue weighted by Crippen LogP contribution is -2.32. The fourth-order valence-electron chi connectivity index (χ4n) is 1.46. The van der Waals surface area contributed by atoms with Crippen molar-refractivity contribution in [1.29, 1.82) is 0 Å². The first-order chi connectivity index (χ1) is 7.61. The van der Waals surface area contributed by atoms with Crippen LogP contribution in [0.1, 0.15) is 0 Å². The number of halogens is 1. The van der Waals surface area contributed by atoms with Gasteiger partial charge >= 0.3 is 5.69 Å². The number of nitrogens with zero attached hydrogens (tertiary/aromatic N) is 1. The molecule has 1 aliphatic heterocycles. The molecule has 1 aromatic carbocycles. The molecule has 2 rings (SSSR count). The molecule has 1 aliphatic rings. The van der Waals surface area contributed by atoms with E-state index in [9.17, 15) is 14.9 Å². The molecule has 0 saturated carbocycles. The number of carbonyl (C=O) groups excluding carboxylic acids is 1. The van der Waals surface area contributed by atoms with Gasteiger partial charge in [0.05, 0.1) is 10.6 Å². The minimum atomic E-state index is -0.576. The Labute approximate surface area is 95.3 Å². The van der Waals surface area contributed by atoms with Gasteiger partial charge in [-0.25, -0.2) is 0 Å². The predicted molar refractivity (Wildman–Crippen MR) is 57.1 cm³/mol. The Balaban J connectivity index is 2.49. The van der Waals surface area contributed by atoms with Crippen molar-refractivity contribution in [2.75, 3.05) is 11.9 Å². The molecule has 1 unspecified atom stereocenters. The summed E-state index contributed by atoms with van der Waals surface area (Å²) in [7, 11) is 0. The number of carbonyl (C=O) groups is 1. The van der Waals surface area contributed by atoms with E-state index in [1.807, 2.05) is 0 Å². The van der Waals surface area contributed by atoms with Crippen molar-refractivity contribution in [3.8, 4) is 5.75 Å². The van der Waals surface area contributed by atoms with E-state index in [4.69, 9.17) is 16.3 Å². The van der Waals surface area contributed by atoms with Crippen LogP contribution in [-0.2, 0) is 4.79 Å². The smallest absolute Gasteiger partial charge is 0.314 e. The Morgan fingerprint density at radius 2 is 2.38 bits per heavy atom. The number of hydrogen-bond donors (Lipinski definition) is 1. The van der Waals surface area contributed by atoms with Crippen molar-refractivity contribution in [3.05, 3.63) is 27.3 Å². The summed E-state index contributed by atoms with van der Waals surface area (Å²) >= 11 is 5.73. The number of ether oxygens (including phenoxy) is 1. The molecule has 6 nitrogen and oxygen atoms in total. The fraction of sp³-hybridized carbons (Fsp3) is 0.222. The topological polar surface area (TPSA) is 81.5 Å². The normalized spacial score (nSPS) is 17.9. The molecule has 16 heavy (non-hydrogen) atoms. The number of nitro benzene ring substituents is 1. The second-order valence-corrected chi connectivity index (χ2v) is 3.69. The highest BCUT2D eigenvalue weighted by molar-refractivity contribution is 6.31. The SMILES string of the molecule is O=CC1COc2c(cc(Cl)cc2[N+](=O)[O-])N1. The zero-order chi connectivity index (χ0) is 11.7. The van der Waals surface area contributed by atoms with Crippen LogP contribution in [0.3, 0.4) is 0 Å². The van der Waals surface area contributed by atoms with Gasteiger partial charge in [-0.05, 0) is 6.07 Å². The molecule has 1 heterocycles. The molecule has 1 aromatic rings. The van der Waals surface area contributed by atoms with Crippen LogP contribution in [0.25, 0.3) is 0 Å². The van der Waals surface area contributed by atoms with Gasteiger partial charge in [-0.15, -0.1) is 0 Å². The van der Waals surface area contributed by atoms with Crippen molar-refractivity contribution < 1.29 is 14.5 Å². The largest absolute Gasteiger partial charge is 0.483 e. The van der Waals surface area contributed by atoms with Gasteiger partial charge in [0.2, 0.25) is 5.75 Å². The Morgan fingerprint density at radius 1 is 1.62 bits per heavy atom. The summed E-state index contributed by atoms with van der Waals surface area (Å²) in [6.45, 7) is 0.0684. The molecular formula is C9H7ClN2O4. The second kappa shape index (κ2) is 3.97. The lowest BCUT2D eigenvalue weighted by Gasteiger charge is -2.23. The van der Waals surface area contributed by atoms with Crippen LogP contribution in [0.2, 0.25) is 5.02 Å². The third-order valence-corrected chi connectivity index (χ3v) is 2.36. The van der Waals surface area contributed by atoms with E-state index in [2.05, 4.69) is 5.32 Å². The average molecular weight is 243 g/mol. The maximum absolute atomic E-state index is 10.7. The molecule has 0 saturated heterocycles. The first kappa shape index (κ1) is 10.7. The van der Waals surface area contributed by atoms with Gasteiger partial charge in [-0.1, -0.05) is 11.6 Å². The highest BCUT2D eigenvalue weighted by atomic mass is 35.5. The Kier molecular flexibility index (Phi) is 2.66. The Morgan fingerprint density at radius 3 is 3.00 bits per heavy atom. The van der Waals surface area contributed by atoms with Crippen LogP contribution in [0.5, 0.6) is 5.75 Å². The van der Waals surface area contributed by atoms with Gasteiger partial charge in [-0.3, -0.25) is 10.1 Å². The zero-order valence-corrected chi connectivity index (χ0v) is 8.73. The van der Waals surface area contributed by atoms with Gasteiger partial charge in [0.1, 0.15) is 18.9 Å². The van der Waals surface area contributed by atoms with E-state index >= 15 is 0 Å². The summed E-state index contributed by atoms with van der Waals surface area (Å²) in [6.07, 6.45) is 0.676. The summed E-state index contributed by atoms with van der Waals surface area (Å²) in [5, 5.41) is 13.8. The summed E-state index contributed by atoms with van der Waals surface area (Å²) in [5.41, 5.74) is 0.155. The molecule has 1 atom stereocenters. The molecule has 0 radical (unpaired) electrons. The number of aldehydes is 1. The van der Waals surface area contributed by atoms with Gasteiger partial charge in [0, 0.05) is 11.1 Å². The highest BCUT2D eigenvalue weighted by Gasteiger charge is 2.27. The molecule has 0 aliphatic carbocycles. The number of rotatable bonds is 2. The summed E-state index contributed by atoms with van der Waals surface area (Å²) < 4.78 is 5.18. The molecule has 0 aromatic heterocycles. The third-order valence-electron chi connectivity index (χ3n) is 2.14. The molecule has 0 spiro atoms. The number of fused-ring (bicyclic) bond motifs is 1. The zero-order valence-electron chi connectivity index (χ0n) is 7.97. The lowest BCUT2D eigenvalue weighted by atomic mass is 10.2. The molecule has 0 fully saturated rings. The standard InChI is InChI=1S/C9H7ClN2O4/c10-5-1-7-9(8(2-5)12(14)15)16-4-6(3-13)11-7/h1-3,6,11H,4H2. The molecule has 0 amide bonds. The quantitative estimate of drug-likeness (QED) is 0.484. The summed E-state index contributed by atoms with van der Waals surface area (Å²) in [4.78, 5) is 20.7. The van der Waals surface area contributed by atoms with Crippen molar-refractivity contribution >= 4 is 29.3 Å².